The van der Waals surface area contributed by atoms with E-state index in [2.05, 4.69) is 10.6 Å². The zero-order valence-corrected chi connectivity index (χ0v) is 18.1. The Kier molecular flexibility index (Phi) is 9.55. The third-order valence-electron chi connectivity index (χ3n) is 5.41. The van der Waals surface area contributed by atoms with Crippen molar-refractivity contribution in [2.75, 3.05) is 6.54 Å². The van der Waals surface area contributed by atoms with Gasteiger partial charge < -0.3 is 26.4 Å². The lowest BCUT2D eigenvalue weighted by atomic mass is 9.96. The Morgan fingerprint density at radius 3 is 2.28 bits per heavy atom. The molecule has 0 aromatic rings. The van der Waals surface area contributed by atoms with Crippen LogP contribution in [0.1, 0.15) is 60.3 Å². The van der Waals surface area contributed by atoms with Gasteiger partial charge in [0.05, 0.1) is 6.04 Å². The number of likely N-dealkylation sites (tertiary alicyclic amines) is 1. The predicted octanol–water partition coefficient (Wildman–Crippen LogP) is 0.471. The highest BCUT2D eigenvalue weighted by Crippen LogP contribution is 2.22. The molecule has 5 atom stereocenters. The summed E-state index contributed by atoms with van der Waals surface area (Å²) < 4.78 is 0. The molecule has 0 unspecified atom stereocenters. The number of nitrogens with zero attached hydrogens (tertiary/aromatic N) is 1. The maximum atomic E-state index is 13.2. The van der Waals surface area contributed by atoms with Gasteiger partial charge in [0.25, 0.3) is 0 Å². The van der Waals surface area contributed by atoms with Crippen molar-refractivity contribution in [1.29, 1.82) is 0 Å². The topological polar surface area (TPSA) is 142 Å². The summed E-state index contributed by atoms with van der Waals surface area (Å²) in [5.41, 5.74) is 5.96. The Morgan fingerprint density at radius 1 is 1.14 bits per heavy atom. The van der Waals surface area contributed by atoms with Gasteiger partial charge in [0.2, 0.25) is 17.7 Å². The third kappa shape index (κ3) is 6.99. The number of carbonyl (C=O) groups is 4. The van der Waals surface area contributed by atoms with Crippen molar-refractivity contribution in [3.05, 3.63) is 0 Å². The fourth-order valence-corrected chi connectivity index (χ4v) is 3.41. The van der Waals surface area contributed by atoms with E-state index in [9.17, 15) is 19.2 Å². The van der Waals surface area contributed by atoms with Crippen LogP contribution in [0.25, 0.3) is 0 Å². The van der Waals surface area contributed by atoms with E-state index in [4.69, 9.17) is 10.8 Å². The summed E-state index contributed by atoms with van der Waals surface area (Å²) in [4.78, 5) is 50.7. The highest BCUT2D eigenvalue weighted by molar-refractivity contribution is 5.94. The molecular weight excluding hydrogens is 376 g/mol. The molecule has 1 heterocycles. The minimum atomic E-state index is -1.14. The van der Waals surface area contributed by atoms with Gasteiger partial charge in [0, 0.05) is 6.54 Å². The van der Waals surface area contributed by atoms with Gasteiger partial charge in [-0.2, -0.15) is 0 Å². The van der Waals surface area contributed by atoms with Crippen LogP contribution in [0.5, 0.6) is 0 Å². The summed E-state index contributed by atoms with van der Waals surface area (Å²) in [7, 11) is 0. The Morgan fingerprint density at radius 2 is 1.76 bits per heavy atom. The molecule has 0 aromatic heterocycles. The van der Waals surface area contributed by atoms with Crippen molar-refractivity contribution in [2.45, 2.75) is 84.5 Å². The number of nitrogens with two attached hydrogens (primary N) is 1. The average molecular weight is 413 g/mol. The minimum Gasteiger partial charge on any atom is -0.480 e. The molecule has 166 valence electrons. The van der Waals surface area contributed by atoms with Gasteiger partial charge in [-0.3, -0.25) is 19.2 Å². The van der Waals surface area contributed by atoms with Crippen LogP contribution in [0.2, 0.25) is 0 Å². The van der Waals surface area contributed by atoms with Crippen molar-refractivity contribution < 1.29 is 24.3 Å². The van der Waals surface area contributed by atoms with Crippen LogP contribution in [0.4, 0.5) is 0 Å². The summed E-state index contributed by atoms with van der Waals surface area (Å²) >= 11 is 0. The van der Waals surface area contributed by atoms with Crippen LogP contribution in [0.15, 0.2) is 0 Å². The lowest BCUT2D eigenvalue weighted by molar-refractivity contribution is -0.145. The zero-order valence-electron chi connectivity index (χ0n) is 18.1. The molecule has 0 aliphatic carbocycles. The second-order valence-electron chi connectivity index (χ2n) is 8.37. The molecule has 0 spiro atoms. The first-order valence-electron chi connectivity index (χ1n) is 10.4. The van der Waals surface area contributed by atoms with Crippen molar-refractivity contribution in [2.24, 2.45) is 17.6 Å². The molecule has 0 radical (unpaired) electrons. The largest absolute Gasteiger partial charge is 0.480 e. The summed E-state index contributed by atoms with van der Waals surface area (Å²) in [6.45, 7) is 9.49. The smallest absolute Gasteiger partial charge is 0.325 e. The van der Waals surface area contributed by atoms with Crippen molar-refractivity contribution in [3.63, 3.8) is 0 Å². The number of hydrogen-bond donors (Lipinski definition) is 4. The molecular formula is C20H36N4O5. The van der Waals surface area contributed by atoms with Crippen LogP contribution in [-0.4, -0.2) is 64.4 Å². The average Bonchev–Trinajstić information content (AvgIpc) is 3.13. The van der Waals surface area contributed by atoms with Crippen molar-refractivity contribution >= 4 is 23.7 Å². The highest BCUT2D eigenvalue weighted by Gasteiger charge is 2.40. The van der Waals surface area contributed by atoms with Gasteiger partial charge in [0.15, 0.2) is 0 Å². The normalized spacial score (nSPS) is 20.7. The first-order valence-corrected chi connectivity index (χ1v) is 10.4. The third-order valence-corrected chi connectivity index (χ3v) is 5.41. The van der Waals surface area contributed by atoms with Gasteiger partial charge in [-0.15, -0.1) is 0 Å². The SMILES string of the molecule is CC[C@H](C)[C@H](NC(=O)[C@@H](N)CC(C)C)C(=O)N1CCC[C@H]1C(=O)N[C@@H](C)C(=O)O. The zero-order chi connectivity index (χ0) is 22.3. The number of hydrogen-bond acceptors (Lipinski definition) is 5. The van der Waals surface area contributed by atoms with Crippen LogP contribution in [0.3, 0.4) is 0 Å². The van der Waals surface area contributed by atoms with Gasteiger partial charge >= 0.3 is 5.97 Å². The number of amides is 3. The number of carboxylic acids is 1. The number of rotatable bonds is 10. The van der Waals surface area contributed by atoms with Crippen molar-refractivity contribution in [1.82, 2.24) is 15.5 Å². The molecule has 9 nitrogen and oxygen atoms in total. The minimum absolute atomic E-state index is 0.139. The predicted molar refractivity (Wildman–Crippen MR) is 109 cm³/mol. The molecule has 1 aliphatic rings. The molecule has 5 N–H and O–H groups in total. The maximum absolute atomic E-state index is 13.2. The second kappa shape index (κ2) is 11.1. The molecule has 0 saturated carbocycles. The summed E-state index contributed by atoms with van der Waals surface area (Å²) in [6.07, 6.45) is 2.27. The van der Waals surface area contributed by atoms with Gasteiger partial charge in [-0.1, -0.05) is 34.1 Å². The number of aliphatic carboxylic acids is 1. The van der Waals surface area contributed by atoms with Crippen LogP contribution < -0.4 is 16.4 Å². The van der Waals surface area contributed by atoms with E-state index in [-0.39, 0.29) is 23.7 Å². The summed E-state index contributed by atoms with van der Waals surface area (Å²) in [5.74, 6) is -2.23. The second-order valence-corrected chi connectivity index (χ2v) is 8.37. The molecule has 0 bridgehead atoms. The van der Waals surface area contributed by atoms with Gasteiger partial charge in [-0.25, -0.2) is 0 Å². The van der Waals surface area contributed by atoms with E-state index in [0.717, 1.165) is 0 Å². The maximum Gasteiger partial charge on any atom is 0.325 e. The standard InChI is InChI=1S/C20H36N4O5/c1-6-12(4)16(23-17(25)14(21)10-11(2)3)19(27)24-9-7-8-15(24)18(26)22-13(5)20(28)29/h11-16H,6-10,21H2,1-5H3,(H,22,26)(H,23,25)(H,28,29)/t12-,13-,14-,15-,16-/m0/s1. The van der Waals surface area contributed by atoms with Crippen LogP contribution >= 0.6 is 0 Å². The van der Waals surface area contributed by atoms with Crippen LogP contribution in [-0.2, 0) is 19.2 Å². The first-order chi connectivity index (χ1) is 13.5. The Balaban J connectivity index is 2.93. The van der Waals surface area contributed by atoms with Gasteiger partial charge in [-0.05, 0) is 38.0 Å². The van der Waals surface area contributed by atoms with E-state index in [0.29, 0.717) is 32.2 Å². The van der Waals surface area contributed by atoms with Gasteiger partial charge in [0.1, 0.15) is 18.1 Å². The molecule has 1 aliphatic heterocycles. The lowest BCUT2D eigenvalue weighted by Crippen LogP contribution is -2.58. The molecule has 1 rings (SSSR count). The lowest BCUT2D eigenvalue weighted by Gasteiger charge is -2.32. The van der Waals surface area contributed by atoms with E-state index in [1.807, 2.05) is 27.7 Å². The fourth-order valence-electron chi connectivity index (χ4n) is 3.41. The first kappa shape index (κ1) is 24.9. The summed E-state index contributed by atoms with van der Waals surface area (Å²) in [5, 5.41) is 14.2. The van der Waals surface area contributed by atoms with Crippen molar-refractivity contribution in [3.8, 4) is 0 Å². The monoisotopic (exact) mass is 412 g/mol. The van der Waals surface area contributed by atoms with E-state index < -0.39 is 36.0 Å². The molecule has 1 saturated heterocycles. The number of carboxylic acid groups (broad SMARTS) is 1. The molecule has 3 amide bonds. The molecule has 29 heavy (non-hydrogen) atoms. The molecule has 0 aromatic carbocycles. The highest BCUT2D eigenvalue weighted by atomic mass is 16.4. The molecule has 1 fully saturated rings. The van der Waals surface area contributed by atoms with E-state index >= 15 is 0 Å². The van der Waals surface area contributed by atoms with E-state index in [1.165, 1.54) is 11.8 Å². The Labute approximate surface area is 172 Å². The van der Waals surface area contributed by atoms with E-state index in [1.54, 1.807) is 0 Å². The fraction of sp³-hybridized carbons (Fsp3) is 0.800. The quantitative estimate of drug-likeness (QED) is 0.411. The Hall–Kier alpha value is -2.16. The summed E-state index contributed by atoms with van der Waals surface area (Å²) in [6, 6.07) is -3.27. The molecule has 9 heteroatoms. The Bertz CT molecular complexity index is 610. The van der Waals surface area contributed by atoms with Crippen LogP contribution in [0, 0.1) is 11.8 Å². The number of nitrogens with one attached hydrogen (secondary N) is 2. The number of carbonyl (C=O) groups excluding carboxylic acids is 3.